The molecule has 0 N–H and O–H groups in total. The first-order valence-electron chi connectivity index (χ1n) is 7.74. The molecule has 2 fully saturated rings. The van der Waals surface area contributed by atoms with E-state index in [0.717, 1.165) is 31.7 Å². The fourth-order valence-corrected chi connectivity index (χ4v) is 3.02. The zero-order valence-corrected chi connectivity index (χ0v) is 12.9. The van der Waals surface area contributed by atoms with Gasteiger partial charge in [-0.05, 0) is 6.42 Å². The number of aryl methyl sites for hydroxylation is 1. The normalized spacial score (nSPS) is 18.6. The van der Waals surface area contributed by atoms with Gasteiger partial charge in [0.25, 0.3) is 5.56 Å². The van der Waals surface area contributed by atoms with Crippen LogP contribution in [-0.2, 0) is 11.8 Å². The molecule has 2 saturated heterocycles. The van der Waals surface area contributed by atoms with Crippen LogP contribution in [0.25, 0.3) is 0 Å². The van der Waals surface area contributed by atoms with Gasteiger partial charge in [0.05, 0.1) is 24.3 Å². The monoisotopic (exact) mass is 314 g/mol. The van der Waals surface area contributed by atoms with Crippen molar-refractivity contribution >= 4 is 17.4 Å². The molecule has 0 unspecified atom stereocenters. The van der Waals surface area contributed by atoms with Crippen molar-refractivity contribution in [2.24, 2.45) is 7.05 Å². The standard InChI is InChI=1S/C15H18N6O2/c1-18-10-16-13(5-15(18)23)19-7-12(8-19)21-9-11(6-17-21)20-4-2-3-14(20)22/h5-6,9-10,12H,2-4,7-8H2,1H3. The lowest BCUT2D eigenvalue weighted by atomic mass is 10.1. The van der Waals surface area contributed by atoms with Gasteiger partial charge >= 0.3 is 0 Å². The van der Waals surface area contributed by atoms with Crippen LogP contribution >= 0.6 is 0 Å². The predicted molar refractivity (Wildman–Crippen MR) is 84.5 cm³/mol. The Kier molecular flexibility index (Phi) is 3.17. The van der Waals surface area contributed by atoms with Crippen LogP contribution in [0.5, 0.6) is 0 Å². The maximum absolute atomic E-state index is 11.8. The summed E-state index contributed by atoms with van der Waals surface area (Å²) in [4.78, 5) is 31.6. The van der Waals surface area contributed by atoms with E-state index in [2.05, 4.69) is 15.0 Å². The maximum atomic E-state index is 11.8. The van der Waals surface area contributed by atoms with Crippen molar-refractivity contribution < 1.29 is 4.79 Å². The van der Waals surface area contributed by atoms with Crippen LogP contribution in [0.15, 0.2) is 29.6 Å². The molecule has 0 atom stereocenters. The molecule has 2 aromatic rings. The molecule has 1 amide bonds. The fraction of sp³-hybridized carbons (Fsp3) is 0.467. The van der Waals surface area contributed by atoms with Gasteiger partial charge in [0.2, 0.25) is 5.91 Å². The molecule has 2 aliphatic rings. The summed E-state index contributed by atoms with van der Waals surface area (Å²) in [5, 5.41) is 4.39. The lowest BCUT2D eigenvalue weighted by Gasteiger charge is -2.39. The van der Waals surface area contributed by atoms with Gasteiger partial charge in [-0.1, -0.05) is 0 Å². The summed E-state index contributed by atoms with van der Waals surface area (Å²) in [5.41, 5.74) is 0.810. The van der Waals surface area contributed by atoms with E-state index < -0.39 is 0 Å². The zero-order valence-electron chi connectivity index (χ0n) is 12.9. The van der Waals surface area contributed by atoms with Gasteiger partial charge in [0.1, 0.15) is 5.82 Å². The van der Waals surface area contributed by atoms with E-state index in [9.17, 15) is 9.59 Å². The Labute approximate surface area is 132 Å². The van der Waals surface area contributed by atoms with Crippen LogP contribution in [0.1, 0.15) is 18.9 Å². The molecule has 0 aromatic carbocycles. The van der Waals surface area contributed by atoms with Crippen molar-refractivity contribution in [1.29, 1.82) is 0 Å². The molecular formula is C15H18N6O2. The van der Waals surface area contributed by atoms with Crippen LogP contribution < -0.4 is 15.4 Å². The Morgan fingerprint density at radius 2 is 2.09 bits per heavy atom. The van der Waals surface area contributed by atoms with Crippen LogP contribution in [0, 0.1) is 0 Å². The number of anilines is 2. The molecule has 0 aliphatic carbocycles. The first kappa shape index (κ1) is 14.0. The molecule has 0 spiro atoms. The number of amides is 1. The van der Waals surface area contributed by atoms with E-state index >= 15 is 0 Å². The van der Waals surface area contributed by atoms with Gasteiger partial charge < -0.3 is 14.4 Å². The molecule has 8 nitrogen and oxygen atoms in total. The molecule has 2 aliphatic heterocycles. The summed E-state index contributed by atoms with van der Waals surface area (Å²) >= 11 is 0. The Morgan fingerprint density at radius 3 is 2.78 bits per heavy atom. The molecule has 4 rings (SSSR count). The second kappa shape index (κ2) is 5.22. The van der Waals surface area contributed by atoms with E-state index in [0.29, 0.717) is 12.2 Å². The average Bonchev–Trinajstić information content (AvgIpc) is 3.10. The minimum absolute atomic E-state index is 0.0626. The van der Waals surface area contributed by atoms with Crippen molar-refractivity contribution in [3.05, 3.63) is 35.1 Å². The smallest absolute Gasteiger partial charge is 0.255 e. The minimum Gasteiger partial charge on any atom is -0.352 e. The number of rotatable bonds is 3. The Bertz CT molecular complexity index is 804. The number of carbonyl (C=O) groups is 1. The lowest BCUT2D eigenvalue weighted by Crippen LogP contribution is -2.48. The third kappa shape index (κ3) is 2.39. The average molecular weight is 314 g/mol. The van der Waals surface area contributed by atoms with Gasteiger partial charge in [-0.25, -0.2) is 4.98 Å². The van der Waals surface area contributed by atoms with Crippen LogP contribution in [0.4, 0.5) is 11.5 Å². The summed E-state index contributed by atoms with van der Waals surface area (Å²) in [6.07, 6.45) is 6.76. The topological polar surface area (TPSA) is 76.3 Å². The second-order valence-corrected chi connectivity index (χ2v) is 6.08. The number of hydrogen-bond acceptors (Lipinski definition) is 5. The van der Waals surface area contributed by atoms with Crippen molar-refractivity contribution in [2.45, 2.75) is 18.9 Å². The predicted octanol–water partition coefficient (Wildman–Crippen LogP) is 0.165. The molecule has 4 heterocycles. The zero-order chi connectivity index (χ0) is 16.0. The third-order valence-corrected chi connectivity index (χ3v) is 4.50. The molecule has 0 bridgehead atoms. The summed E-state index contributed by atoms with van der Waals surface area (Å²) in [6.45, 7) is 2.29. The second-order valence-electron chi connectivity index (χ2n) is 6.08. The summed E-state index contributed by atoms with van der Waals surface area (Å²) < 4.78 is 3.35. The molecule has 23 heavy (non-hydrogen) atoms. The molecule has 8 heteroatoms. The van der Waals surface area contributed by atoms with Crippen molar-refractivity contribution in [2.75, 3.05) is 29.4 Å². The van der Waals surface area contributed by atoms with Crippen molar-refractivity contribution in [1.82, 2.24) is 19.3 Å². The molecular weight excluding hydrogens is 296 g/mol. The first-order valence-corrected chi connectivity index (χ1v) is 7.74. The highest BCUT2D eigenvalue weighted by Crippen LogP contribution is 2.27. The number of carbonyl (C=O) groups excluding carboxylic acids is 1. The largest absolute Gasteiger partial charge is 0.352 e. The fourth-order valence-electron chi connectivity index (χ4n) is 3.02. The van der Waals surface area contributed by atoms with Crippen molar-refractivity contribution in [3.63, 3.8) is 0 Å². The molecule has 120 valence electrons. The quantitative estimate of drug-likeness (QED) is 0.807. The highest BCUT2D eigenvalue weighted by molar-refractivity contribution is 5.95. The third-order valence-electron chi connectivity index (χ3n) is 4.50. The highest BCUT2D eigenvalue weighted by Gasteiger charge is 2.31. The van der Waals surface area contributed by atoms with E-state index in [-0.39, 0.29) is 17.5 Å². The molecule has 2 aromatic heterocycles. The van der Waals surface area contributed by atoms with Gasteiger partial charge in [-0.15, -0.1) is 0 Å². The van der Waals surface area contributed by atoms with Crippen LogP contribution in [-0.4, -0.2) is 44.9 Å². The Hall–Kier alpha value is -2.64. The van der Waals surface area contributed by atoms with E-state index in [1.165, 1.54) is 10.9 Å². The number of nitrogens with zero attached hydrogens (tertiary/aromatic N) is 6. The van der Waals surface area contributed by atoms with E-state index in [1.54, 1.807) is 24.2 Å². The van der Waals surface area contributed by atoms with E-state index in [4.69, 9.17) is 0 Å². The maximum Gasteiger partial charge on any atom is 0.255 e. The highest BCUT2D eigenvalue weighted by atomic mass is 16.2. The summed E-state index contributed by atoms with van der Waals surface area (Å²) in [6, 6.07) is 1.79. The lowest BCUT2D eigenvalue weighted by molar-refractivity contribution is -0.117. The molecule has 0 radical (unpaired) electrons. The Balaban J connectivity index is 1.44. The minimum atomic E-state index is -0.0626. The van der Waals surface area contributed by atoms with Gasteiger partial charge in [0.15, 0.2) is 0 Å². The number of aromatic nitrogens is 4. The van der Waals surface area contributed by atoms with Gasteiger partial charge in [-0.2, -0.15) is 5.10 Å². The Morgan fingerprint density at radius 1 is 1.26 bits per heavy atom. The van der Waals surface area contributed by atoms with Crippen LogP contribution in [0.2, 0.25) is 0 Å². The summed E-state index contributed by atoms with van der Waals surface area (Å²) in [7, 11) is 1.68. The van der Waals surface area contributed by atoms with Crippen LogP contribution in [0.3, 0.4) is 0 Å². The van der Waals surface area contributed by atoms with Gasteiger partial charge in [-0.3, -0.25) is 14.3 Å². The summed E-state index contributed by atoms with van der Waals surface area (Å²) in [5.74, 6) is 0.871. The van der Waals surface area contributed by atoms with Crippen molar-refractivity contribution in [3.8, 4) is 0 Å². The number of hydrogen-bond donors (Lipinski definition) is 0. The SMILES string of the molecule is Cn1cnc(N2CC(n3cc(N4CCCC4=O)cn3)C2)cc1=O. The molecule has 0 saturated carbocycles. The first-order chi connectivity index (χ1) is 11.1. The van der Waals surface area contributed by atoms with Gasteiger partial charge in [0, 0.05) is 45.4 Å². The van der Waals surface area contributed by atoms with E-state index in [1.807, 2.05) is 10.9 Å².